The van der Waals surface area contributed by atoms with Crippen molar-refractivity contribution in [2.24, 2.45) is 5.92 Å². The van der Waals surface area contributed by atoms with Gasteiger partial charge in [-0.05, 0) is 43.7 Å². The number of ether oxygens (including phenoxy) is 2. The fourth-order valence-corrected chi connectivity index (χ4v) is 7.10. The van der Waals surface area contributed by atoms with Gasteiger partial charge in [-0.25, -0.2) is 19.6 Å². The zero-order valence-corrected chi connectivity index (χ0v) is 26.8. The zero-order valence-electron chi connectivity index (χ0n) is 26.0. The number of methoxy groups -OCH3 is 1. The van der Waals surface area contributed by atoms with Crippen LogP contribution < -0.4 is 14.8 Å². The Balaban J connectivity index is 1.33. The highest BCUT2D eigenvalue weighted by Gasteiger charge is 2.61. The minimum atomic E-state index is -1.35. The second-order valence-corrected chi connectivity index (χ2v) is 13.3. The Morgan fingerprint density at radius 3 is 2.76 bits per heavy atom. The molecule has 1 saturated carbocycles. The molecule has 4 heterocycles. The molecule has 1 aromatic carbocycles. The van der Waals surface area contributed by atoms with Gasteiger partial charge in [-0.15, -0.1) is 11.3 Å². The van der Waals surface area contributed by atoms with E-state index in [2.05, 4.69) is 19.2 Å². The van der Waals surface area contributed by atoms with E-state index < -0.39 is 29.6 Å². The van der Waals surface area contributed by atoms with Crippen molar-refractivity contribution in [3.8, 4) is 22.2 Å². The molecule has 1 aliphatic carbocycles. The number of aromatic nitrogens is 2. The highest BCUT2D eigenvalue weighted by Crippen LogP contribution is 2.45. The number of benzene rings is 1. The zero-order chi connectivity index (χ0) is 31.9. The topological polar surface area (TPSA) is 134 Å². The smallest absolute Gasteiger partial charge is 0.330 e. The molecule has 3 amide bonds. The van der Waals surface area contributed by atoms with Gasteiger partial charge >= 0.3 is 12.0 Å². The number of rotatable bonds is 6. The molecule has 2 aliphatic heterocycles. The van der Waals surface area contributed by atoms with Gasteiger partial charge in [-0.1, -0.05) is 26.0 Å². The van der Waals surface area contributed by atoms with Crippen LogP contribution in [-0.2, 0) is 9.59 Å². The van der Waals surface area contributed by atoms with Crippen LogP contribution in [0.5, 0.6) is 11.5 Å². The lowest BCUT2D eigenvalue weighted by molar-refractivity contribution is -0.144. The van der Waals surface area contributed by atoms with Crippen molar-refractivity contribution < 1.29 is 29.0 Å². The highest BCUT2D eigenvalue weighted by molar-refractivity contribution is 7.13. The molecule has 11 nitrogen and oxygen atoms in total. The molecule has 0 unspecified atom stereocenters. The molecule has 2 N–H and O–H groups in total. The second kappa shape index (κ2) is 12.3. The molecule has 238 valence electrons. The number of fused-ring (bicyclic) bond motifs is 3. The van der Waals surface area contributed by atoms with Crippen LogP contribution in [0.1, 0.15) is 57.6 Å². The molecule has 45 heavy (non-hydrogen) atoms. The molecule has 3 aromatic rings. The van der Waals surface area contributed by atoms with E-state index in [1.807, 2.05) is 41.8 Å². The van der Waals surface area contributed by atoms with E-state index in [-0.39, 0.29) is 30.8 Å². The number of carboxylic acids is 1. The van der Waals surface area contributed by atoms with Crippen LogP contribution in [0, 0.1) is 5.92 Å². The first-order chi connectivity index (χ1) is 21.6. The highest BCUT2D eigenvalue weighted by atomic mass is 32.1. The van der Waals surface area contributed by atoms with Crippen LogP contribution in [0.15, 0.2) is 41.8 Å². The van der Waals surface area contributed by atoms with Gasteiger partial charge in [-0.2, -0.15) is 0 Å². The summed E-state index contributed by atoms with van der Waals surface area (Å²) in [6, 6.07) is 6.27. The lowest BCUT2D eigenvalue weighted by atomic mass is 10.1. The van der Waals surface area contributed by atoms with Crippen LogP contribution in [0.4, 0.5) is 4.79 Å². The Morgan fingerprint density at radius 2 is 2.02 bits per heavy atom. The number of hydrogen-bond acceptors (Lipinski definition) is 8. The predicted octanol–water partition coefficient (Wildman–Crippen LogP) is 5.06. The van der Waals surface area contributed by atoms with Crippen LogP contribution in [-0.4, -0.2) is 87.7 Å². The number of nitrogens with one attached hydrogen (secondary N) is 1. The third-order valence-corrected chi connectivity index (χ3v) is 9.85. The molecule has 0 spiro atoms. The van der Waals surface area contributed by atoms with Gasteiger partial charge in [0.1, 0.15) is 39.9 Å². The van der Waals surface area contributed by atoms with Crippen molar-refractivity contribution in [3.63, 3.8) is 0 Å². The Kier molecular flexibility index (Phi) is 8.43. The first-order valence-corrected chi connectivity index (χ1v) is 16.3. The number of urea groups is 1. The molecule has 3 aliphatic rings. The number of aliphatic carboxylic acids is 1. The van der Waals surface area contributed by atoms with E-state index >= 15 is 0 Å². The fourth-order valence-electron chi connectivity index (χ4n) is 6.15. The van der Waals surface area contributed by atoms with Crippen molar-refractivity contribution in [1.29, 1.82) is 0 Å². The molecule has 2 fully saturated rings. The van der Waals surface area contributed by atoms with Gasteiger partial charge in [0.2, 0.25) is 5.91 Å². The Labute approximate surface area is 266 Å². The number of hydrogen-bond donors (Lipinski definition) is 2. The average molecular weight is 634 g/mol. The SMILES string of the molecule is COc1ccc2c(O[C@@H]3C[C@H]4C(=O)N[C@]5(C(=O)O)C[C@@H]5/C=C\CCCCN(C)C(=O)N4C3)cc(-c3nc(C(C)C)cs3)nc2c1. The number of allylic oxidation sites excluding steroid dienone is 1. The Hall–Kier alpha value is -4.19. The monoisotopic (exact) mass is 633 g/mol. The number of carboxylic acid groups (broad SMARTS) is 1. The Morgan fingerprint density at radius 1 is 1.20 bits per heavy atom. The standard InChI is InChI=1S/C33H39N5O6S/c1-19(2)26-18-45-30(35-26)25-15-28(23-11-10-21(43-4)13-24(23)34-25)44-22-14-27-29(39)36-33(31(40)41)16-20(33)9-7-5-6-8-12-37(3)32(42)38(27)17-22/h7,9-11,13,15,18-20,22,27H,5-6,8,12,14,16-17H2,1-4H3,(H,36,39)(H,40,41)/b9-7-/t20-,22+,27-,33+/m0/s1. The van der Waals surface area contributed by atoms with Crippen molar-refractivity contribution in [3.05, 3.63) is 47.5 Å². The Bertz CT molecular complexity index is 1660. The van der Waals surface area contributed by atoms with E-state index in [1.54, 1.807) is 19.1 Å². The minimum Gasteiger partial charge on any atom is -0.497 e. The lowest BCUT2D eigenvalue weighted by Crippen LogP contribution is -2.54. The predicted molar refractivity (Wildman–Crippen MR) is 171 cm³/mol. The van der Waals surface area contributed by atoms with Gasteiger partial charge in [0.25, 0.3) is 0 Å². The lowest BCUT2D eigenvalue weighted by Gasteiger charge is -2.29. The third-order valence-electron chi connectivity index (χ3n) is 8.97. The van der Waals surface area contributed by atoms with E-state index in [0.717, 1.165) is 35.4 Å². The molecule has 4 atom stereocenters. The van der Waals surface area contributed by atoms with Gasteiger partial charge in [0.05, 0.1) is 24.9 Å². The van der Waals surface area contributed by atoms with Crippen molar-refractivity contribution in [2.75, 3.05) is 27.2 Å². The molecule has 1 saturated heterocycles. The molecule has 12 heteroatoms. The quantitative estimate of drug-likeness (QED) is 0.360. The van der Waals surface area contributed by atoms with Crippen LogP contribution in [0.25, 0.3) is 21.6 Å². The van der Waals surface area contributed by atoms with E-state index in [9.17, 15) is 19.5 Å². The molecule has 0 radical (unpaired) electrons. The average Bonchev–Trinajstić information content (AvgIpc) is 3.33. The third kappa shape index (κ3) is 6.07. The van der Waals surface area contributed by atoms with Gasteiger partial charge in [-0.3, -0.25) is 4.79 Å². The van der Waals surface area contributed by atoms with E-state index in [0.29, 0.717) is 35.7 Å². The van der Waals surface area contributed by atoms with Crippen LogP contribution >= 0.6 is 11.3 Å². The summed E-state index contributed by atoms with van der Waals surface area (Å²) in [6.07, 6.45) is 6.38. The van der Waals surface area contributed by atoms with Crippen molar-refractivity contribution in [2.45, 2.75) is 69.6 Å². The second-order valence-electron chi connectivity index (χ2n) is 12.5. The minimum absolute atomic E-state index is 0.175. The number of nitrogens with zero attached hydrogens (tertiary/aromatic N) is 4. The van der Waals surface area contributed by atoms with Crippen molar-refractivity contribution in [1.82, 2.24) is 25.1 Å². The van der Waals surface area contributed by atoms with E-state index in [1.165, 1.54) is 16.2 Å². The molecule has 0 bridgehead atoms. The summed E-state index contributed by atoms with van der Waals surface area (Å²) in [5.41, 5.74) is 0.958. The summed E-state index contributed by atoms with van der Waals surface area (Å²) < 4.78 is 12.1. The molecule has 2 aromatic heterocycles. The summed E-state index contributed by atoms with van der Waals surface area (Å²) in [7, 11) is 3.34. The molecular formula is C33H39N5O6S. The normalized spacial score (nSPS) is 26.2. The maximum absolute atomic E-state index is 13.7. The molecular weight excluding hydrogens is 594 g/mol. The first-order valence-electron chi connectivity index (χ1n) is 15.4. The number of thiazole rings is 1. The first kappa shape index (κ1) is 30.8. The summed E-state index contributed by atoms with van der Waals surface area (Å²) in [4.78, 5) is 52.5. The fraction of sp³-hybridized carbons (Fsp3) is 0.485. The maximum Gasteiger partial charge on any atom is 0.330 e. The summed E-state index contributed by atoms with van der Waals surface area (Å²) in [6.45, 7) is 4.91. The number of amides is 3. The summed E-state index contributed by atoms with van der Waals surface area (Å²) in [5, 5.41) is 16.4. The van der Waals surface area contributed by atoms with E-state index in [4.69, 9.17) is 19.4 Å². The van der Waals surface area contributed by atoms with Gasteiger partial charge < -0.3 is 29.7 Å². The molecule has 6 rings (SSSR count). The largest absolute Gasteiger partial charge is 0.497 e. The van der Waals surface area contributed by atoms with Gasteiger partial charge in [0, 0.05) is 48.8 Å². The van der Waals surface area contributed by atoms with Crippen molar-refractivity contribution >= 4 is 40.1 Å². The number of carbonyl (C=O) groups is 3. The maximum atomic E-state index is 13.7. The van der Waals surface area contributed by atoms with Gasteiger partial charge in [0.15, 0.2) is 0 Å². The number of carbonyl (C=O) groups excluding carboxylic acids is 2. The van der Waals surface area contributed by atoms with Crippen LogP contribution in [0.2, 0.25) is 0 Å². The number of pyridine rings is 1. The van der Waals surface area contributed by atoms with Crippen LogP contribution in [0.3, 0.4) is 0 Å². The summed E-state index contributed by atoms with van der Waals surface area (Å²) in [5.74, 6) is -0.328. The summed E-state index contributed by atoms with van der Waals surface area (Å²) >= 11 is 1.51.